The zero-order valence-corrected chi connectivity index (χ0v) is 44.5. The lowest BCUT2D eigenvalue weighted by Crippen LogP contribution is -2.69. The van der Waals surface area contributed by atoms with Gasteiger partial charge in [-0.2, -0.15) is 0 Å². The van der Waals surface area contributed by atoms with Gasteiger partial charge in [-0.3, -0.25) is 4.79 Å². The van der Waals surface area contributed by atoms with E-state index in [1.807, 2.05) is 6.92 Å². The molecule has 0 aromatic carbocycles. The Hall–Kier alpha value is -1.33. The Bertz CT molecular complexity index is 2000. The molecule has 9 rings (SSSR count). The second-order valence-corrected chi connectivity index (χ2v) is 26.1. The van der Waals surface area contributed by atoms with Crippen molar-refractivity contribution in [2.24, 2.45) is 56.2 Å². The minimum absolute atomic E-state index is 0.00594. The number of rotatable bonds is 13. The summed E-state index contributed by atoms with van der Waals surface area (Å²) in [6, 6.07) is 0. The predicted octanol–water partition coefficient (Wildman–Crippen LogP) is -1.32. The van der Waals surface area contributed by atoms with Gasteiger partial charge in [0.1, 0.15) is 85.5 Å². The number of fused-ring (bicyclic) bond motifs is 7. The first-order chi connectivity index (χ1) is 35.1. The largest absolute Gasteiger partial charge is 0.432 e. The van der Waals surface area contributed by atoms with Crippen molar-refractivity contribution in [2.45, 2.75) is 242 Å². The third-order valence-corrected chi connectivity index (χ3v) is 21.7. The number of carbonyl (C=O) groups excluding carboxylic acids is 1. The number of esters is 1. The van der Waals surface area contributed by atoms with Gasteiger partial charge in [0.05, 0.1) is 44.1 Å². The molecule has 0 radical (unpaired) electrons. The van der Waals surface area contributed by atoms with Crippen LogP contribution in [0.15, 0.2) is 0 Å². The Morgan fingerprint density at radius 2 is 1.24 bits per heavy atom. The molecule has 22 nitrogen and oxygen atoms in total. The van der Waals surface area contributed by atoms with Crippen molar-refractivity contribution in [1.29, 1.82) is 0 Å². The van der Waals surface area contributed by atoms with E-state index in [1.165, 1.54) is 6.92 Å². The lowest BCUT2D eigenvalue weighted by Gasteiger charge is -2.73. The van der Waals surface area contributed by atoms with Crippen molar-refractivity contribution in [3.8, 4) is 0 Å². The van der Waals surface area contributed by atoms with Crippen LogP contribution in [0.4, 0.5) is 0 Å². The Morgan fingerprint density at radius 1 is 0.600 bits per heavy atom. The van der Waals surface area contributed by atoms with E-state index >= 15 is 0 Å². The Balaban J connectivity index is 0.891. The summed E-state index contributed by atoms with van der Waals surface area (Å²) < 4.78 is 47.3. The van der Waals surface area contributed by atoms with Crippen LogP contribution in [0, 0.1) is 56.2 Å². The molecule has 4 saturated heterocycles. The first kappa shape index (κ1) is 58.3. The quantitative estimate of drug-likeness (QED) is 0.0752. The van der Waals surface area contributed by atoms with Gasteiger partial charge in [-0.25, -0.2) is 0 Å². The normalized spacial score (nSPS) is 54.5. The summed E-state index contributed by atoms with van der Waals surface area (Å²) in [6.45, 7) is 13.4. The number of aliphatic hydroxyl groups excluding tert-OH is 13. The van der Waals surface area contributed by atoms with Gasteiger partial charge in [-0.15, -0.1) is 0 Å². The molecule has 5 aliphatic carbocycles. The highest BCUT2D eigenvalue weighted by molar-refractivity contribution is 5.78. The van der Waals surface area contributed by atoms with Crippen LogP contribution >= 0.6 is 0 Å². The van der Waals surface area contributed by atoms with Crippen LogP contribution in [0.1, 0.15) is 119 Å². The van der Waals surface area contributed by atoms with E-state index < -0.39 is 153 Å². The minimum atomic E-state index is -1.71. The fourth-order valence-corrected chi connectivity index (χ4v) is 16.9. The summed E-state index contributed by atoms with van der Waals surface area (Å²) >= 11 is 0. The number of ether oxygens (including phenoxy) is 8. The minimum Gasteiger partial charge on any atom is -0.432 e. The first-order valence-corrected chi connectivity index (χ1v) is 27.5. The van der Waals surface area contributed by atoms with Crippen LogP contribution < -0.4 is 0 Å². The van der Waals surface area contributed by atoms with E-state index in [0.717, 1.165) is 51.4 Å². The topological polar surface area (TPSA) is 354 Å². The average Bonchev–Trinajstić information content (AvgIpc) is 3.82. The zero-order valence-electron chi connectivity index (χ0n) is 44.5. The molecule has 4 heterocycles. The Kier molecular flexibility index (Phi) is 16.5. The molecule has 432 valence electrons. The van der Waals surface area contributed by atoms with Crippen molar-refractivity contribution in [2.75, 3.05) is 26.4 Å². The molecule has 4 aliphatic heterocycles. The maximum absolute atomic E-state index is 15.0. The summed E-state index contributed by atoms with van der Waals surface area (Å²) in [5, 5.41) is 138. The van der Waals surface area contributed by atoms with Crippen LogP contribution in [-0.4, -0.2) is 222 Å². The third kappa shape index (κ3) is 9.58. The highest BCUT2D eigenvalue weighted by Crippen LogP contribution is 2.77. The summed E-state index contributed by atoms with van der Waals surface area (Å²) in [7, 11) is 0. The second-order valence-electron chi connectivity index (χ2n) is 26.1. The van der Waals surface area contributed by atoms with Gasteiger partial charge in [0.2, 0.25) is 6.29 Å². The summed E-state index contributed by atoms with van der Waals surface area (Å²) in [6.07, 6.45) is -20.8. The molecule has 0 aromatic heterocycles. The van der Waals surface area contributed by atoms with Crippen molar-refractivity contribution >= 4 is 5.97 Å². The summed E-state index contributed by atoms with van der Waals surface area (Å²) in [5.74, 6) is -0.241. The van der Waals surface area contributed by atoms with E-state index in [9.17, 15) is 71.2 Å². The fraction of sp³-hybridized carbons (Fsp3) is 0.981. The van der Waals surface area contributed by atoms with Crippen LogP contribution in [-0.2, 0) is 42.7 Å². The van der Waals surface area contributed by atoms with E-state index in [1.54, 1.807) is 0 Å². The molecule has 22 heteroatoms. The maximum Gasteiger partial charge on any atom is 0.314 e. The smallest absolute Gasteiger partial charge is 0.314 e. The van der Waals surface area contributed by atoms with Crippen molar-refractivity contribution in [3.63, 3.8) is 0 Å². The lowest BCUT2D eigenvalue weighted by molar-refractivity contribution is -0.366. The predicted molar refractivity (Wildman–Crippen MR) is 257 cm³/mol. The maximum atomic E-state index is 15.0. The monoisotopic (exact) mass is 1080 g/mol. The van der Waals surface area contributed by atoms with Gasteiger partial charge < -0.3 is 104 Å². The highest BCUT2D eigenvalue weighted by Gasteiger charge is 2.72. The third-order valence-electron chi connectivity index (χ3n) is 21.7. The van der Waals surface area contributed by atoms with E-state index in [4.69, 9.17) is 37.9 Å². The SMILES string of the molecule is CC1OC(OC2C(OC3CCC4(C)C(CCC5(C)C4CCC4C6CC(C)(C)CCC6(C(=O)OC6OC(C(O)COC7OC(C(O)CO)C(O)C7O)C(O)C6O)CCC45C)C3(C)CO)OCC(O)C2O)C(O)C(O)C1O. The number of carbonyl (C=O) groups is 1. The molecule has 29 unspecified atom stereocenters. The Labute approximate surface area is 438 Å². The average molecular weight is 1080 g/mol. The van der Waals surface area contributed by atoms with Gasteiger partial charge in [0.15, 0.2) is 18.9 Å². The summed E-state index contributed by atoms with van der Waals surface area (Å²) in [4.78, 5) is 15.0. The van der Waals surface area contributed by atoms with Gasteiger partial charge in [-0.05, 0) is 123 Å². The van der Waals surface area contributed by atoms with E-state index in [0.29, 0.717) is 19.3 Å². The molecule has 0 aromatic rings. The first-order valence-electron chi connectivity index (χ1n) is 27.5. The molecule has 9 aliphatic rings. The molecule has 5 saturated carbocycles. The van der Waals surface area contributed by atoms with Crippen molar-refractivity contribution < 1.29 is 109 Å². The molecule has 0 bridgehead atoms. The standard InChI is InChI=1S/C53H88O22/c1-23-32(59)34(61)37(64)44(70-23)74-42-33(60)27(57)20-69-46(42)71-31-11-12-49(4)29(50(31,5)22-55)10-13-52(7)30(49)9-8-24-25-18-48(2,3)14-16-53(25,17-15-51(24,52)6)47(67)75-45-39(66)36(63)41(73-45)28(58)21-68-43-38(65)35(62)40(72-43)26(56)19-54/h23-46,54-66H,8-22H2,1-7H3. The molecule has 0 amide bonds. The molecular formula is C53H88O22. The van der Waals surface area contributed by atoms with Crippen molar-refractivity contribution in [3.05, 3.63) is 0 Å². The van der Waals surface area contributed by atoms with Crippen LogP contribution in [0.3, 0.4) is 0 Å². The number of aliphatic hydroxyl groups is 13. The van der Waals surface area contributed by atoms with Gasteiger partial charge in [-0.1, -0.05) is 41.5 Å². The summed E-state index contributed by atoms with van der Waals surface area (Å²) in [5.41, 5.74) is -2.42. The second kappa shape index (κ2) is 21.2. The van der Waals surface area contributed by atoms with Gasteiger partial charge in [0.25, 0.3) is 0 Å². The molecule has 13 N–H and O–H groups in total. The molecule has 9 fully saturated rings. The fourth-order valence-electron chi connectivity index (χ4n) is 16.9. The van der Waals surface area contributed by atoms with Crippen LogP contribution in [0.2, 0.25) is 0 Å². The number of hydrogen-bond acceptors (Lipinski definition) is 22. The Morgan fingerprint density at radius 3 is 1.92 bits per heavy atom. The highest BCUT2D eigenvalue weighted by atomic mass is 16.8. The van der Waals surface area contributed by atoms with Gasteiger partial charge in [0, 0.05) is 5.41 Å². The van der Waals surface area contributed by atoms with Crippen LogP contribution in [0.25, 0.3) is 0 Å². The van der Waals surface area contributed by atoms with Gasteiger partial charge >= 0.3 is 5.97 Å². The number of hydrogen-bond donors (Lipinski definition) is 13. The lowest BCUT2D eigenvalue weighted by atomic mass is 9.31. The zero-order chi connectivity index (χ0) is 54.7. The van der Waals surface area contributed by atoms with E-state index in [-0.39, 0.29) is 58.5 Å². The molecule has 75 heavy (non-hydrogen) atoms. The molecular weight excluding hydrogens is 989 g/mol. The van der Waals surface area contributed by atoms with Crippen LogP contribution in [0.5, 0.6) is 0 Å². The van der Waals surface area contributed by atoms with E-state index in [2.05, 4.69) is 34.6 Å². The molecule has 29 atom stereocenters. The molecule has 0 spiro atoms. The van der Waals surface area contributed by atoms with Crippen molar-refractivity contribution in [1.82, 2.24) is 0 Å².